The summed E-state index contributed by atoms with van der Waals surface area (Å²) < 4.78 is 39.6. The van der Waals surface area contributed by atoms with Crippen molar-refractivity contribution in [1.29, 1.82) is 0 Å². The van der Waals surface area contributed by atoms with Gasteiger partial charge in [-0.15, -0.1) is 0 Å². The molecule has 0 spiro atoms. The van der Waals surface area contributed by atoms with E-state index < -0.39 is 17.8 Å². The first-order valence-electron chi connectivity index (χ1n) is 8.39. The van der Waals surface area contributed by atoms with Gasteiger partial charge in [0.15, 0.2) is 5.75 Å². The van der Waals surface area contributed by atoms with Crippen LogP contribution in [-0.2, 0) is 13.0 Å². The topological polar surface area (TPSA) is 73.1 Å². The minimum Gasteiger partial charge on any atom is -0.473 e. The number of carbonyl (C=O) groups is 1. The molecule has 27 heavy (non-hydrogen) atoms. The van der Waals surface area contributed by atoms with Gasteiger partial charge in [0.1, 0.15) is 29.5 Å². The van der Waals surface area contributed by atoms with Crippen molar-refractivity contribution in [2.45, 2.75) is 33.3 Å². The van der Waals surface area contributed by atoms with Gasteiger partial charge in [0.2, 0.25) is 5.88 Å². The average molecular weight is 376 g/mol. The van der Waals surface area contributed by atoms with Crippen LogP contribution in [0.5, 0.6) is 11.6 Å². The molecular formula is C19H18F2N2O4. The van der Waals surface area contributed by atoms with Crippen LogP contribution in [0.15, 0.2) is 30.3 Å². The van der Waals surface area contributed by atoms with Crippen LogP contribution in [0.2, 0.25) is 0 Å². The highest BCUT2D eigenvalue weighted by Crippen LogP contribution is 2.31. The maximum atomic E-state index is 13.8. The number of hydrogen-bond acceptors (Lipinski definition) is 4. The Hall–Kier alpha value is -3.16. The summed E-state index contributed by atoms with van der Waals surface area (Å²) in [5, 5.41) is 13.4. The number of pyridine rings is 1. The van der Waals surface area contributed by atoms with Crippen molar-refractivity contribution in [3.8, 4) is 11.6 Å². The monoisotopic (exact) mass is 376 g/mol. The van der Waals surface area contributed by atoms with Gasteiger partial charge in [-0.05, 0) is 37.1 Å². The third-order valence-corrected chi connectivity index (χ3v) is 3.97. The molecule has 0 radical (unpaired) electrons. The summed E-state index contributed by atoms with van der Waals surface area (Å²) in [5.41, 5.74) is 1.43. The maximum absolute atomic E-state index is 13.8. The zero-order chi connectivity index (χ0) is 19.6. The second-order valence-corrected chi connectivity index (χ2v) is 6.05. The Kier molecular flexibility index (Phi) is 5.25. The number of halogens is 2. The van der Waals surface area contributed by atoms with Gasteiger partial charge in [-0.1, -0.05) is 19.4 Å². The molecular weight excluding hydrogens is 358 g/mol. The second-order valence-electron chi connectivity index (χ2n) is 6.05. The van der Waals surface area contributed by atoms with Crippen LogP contribution in [0, 0.1) is 18.6 Å². The molecule has 8 heteroatoms. The highest BCUT2D eigenvalue weighted by Gasteiger charge is 2.20. The van der Waals surface area contributed by atoms with Gasteiger partial charge in [-0.3, -0.25) is 0 Å². The summed E-state index contributed by atoms with van der Waals surface area (Å²) in [5.74, 6) is -1.05. The number of benzene rings is 1. The predicted molar refractivity (Wildman–Crippen MR) is 93.3 cm³/mol. The molecule has 3 rings (SSSR count). The molecule has 1 N–H and O–H groups in total. The molecule has 0 atom stereocenters. The molecule has 0 unspecified atom stereocenters. The lowest BCUT2D eigenvalue weighted by atomic mass is 10.2. The Morgan fingerprint density at radius 1 is 1.26 bits per heavy atom. The van der Waals surface area contributed by atoms with Gasteiger partial charge in [0, 0.05) is 6.07 Å². The van der Waals surface area contributed by atoms with E-state index in [0.717, 1.165) is 24.1 Å². The molecule has 0 saturated carbocycles. The smallest absolute Gasteiger partial charge is 0.473 e. The lowest BCUT2D eigenvalue weighted by molar-refractivity contribution is 0.144. The number of aromatic nitrogens is 2. The van der Waals surface area contributed by atoms with Gasteiger partial charge in [-0.25, -0.2) is 13.6 Å². The zero-order valence-electron chi connectivity index (χ0n) is 14.8. The first-order valence-corrected chi connectivity index (χ1v) is 8.39. The van der Waals surface area contributed by atoms with Crippen molar-refractivity contribution >= 4 is 11.7 Å². The molecule has 0 aliphatic heterocycles. The minimum absolute atomic E-state index is 0.134. The van der Waals surface area contributed by atoms with E-state index in [1.54, 1.807) is 19.1 Å². The van der Waals surface area contributed by atoms with E-state index in [0.29, 0.717) is 17.6 Å². The van der Waals surface area contributed by atoms with E-state index in [-0.39, 0.29) is 23.8 Å². The standard InChI is InChI=1S/C19H18F2N2O4/c1-3-5-15-18(27-19(24)25)16-8-11(2)9-17(23(16)22-15)26-10-12-13(20)6-4-7-14(12)21/h4,6-9H,3,5,10H2,1-2H3,(H,24,25). The molecule has 0 aliphatic rings. The molecule has 2 aromatic heterocycles. The molecule has 0 fully saturated rings. The van der Waals surface area contributed by atoms with Crippen LogP contribution in [0.25, 0.3) is 5.52 Å². The lowest BCUT2D eigenvalue weighted by Gasteiger charge is -2.10. The largest absolute Gasteiger partial charge is 0.511 e. The number of hydrogen-bond donors (Lipinski definition) is 1. The molecule has 0 aliphatic carbocycles. The molecule has 1 aromatic carbocycles. The summed E-state index contributed by atoms with van der Waals surface area (Å²) >= 11 is 0. The van der Waals surface area contributed by atoms with Crippen molar-refractivity contribution in [1.82, 2.24) is 9.61 Å². The SMILES string of the molecule is CCCc1nn2c(OCc3c(F)cccc3F)cc(C)cc2c1OC(=O)O. The third kappa shape index (κ3) is 3.84. The summed E-state index contributed by atoms with van der Waals surface area (Å²) in [6.07, 6.45) is -0.208. The highest BCUT2D eigenvalue weighted by molar-refractivity contribution is 5.71. The maximum Gasteiger partial charge on any atom is 0.511 e. The van der Waals surface area contributed by atoms with Crippen molar-refractivity contribution in [3.63, 3.8) is 0 Å². The molecule has 142 valence electrons. The van der Waals surface area contributed by atoms with Crippen LogP contribution >= 0.6 is 0 Å². The Morgan fingerprint density at radius 2 is 1.96 bits per heavy atom. The van der Waals surface area contributed by atoms with E-state index >= 15 is 0 Å². The Morgan fingerprint density at radius 3 is 2.59 bits per heavy atom. The fraction of sp³-hybridized carbons (Fsp3) is 0.263. The van der Waals surface area contributed by atoms with E-state index in [1.807, 2.05) is 6.92 Å². The van der Waals surface area contributed by atoms with Crippen molar-refractivity contribution < 1.29 is 28.2 Å². The number of rotatable bonds is 6. The first-order chi connectivity index (χ1) is 12.9. The Labute approximate surface area is 153 Å². The fourth-order valence-corrected chi connectivity index (χ4v) is 2.79. The van der Waals surface area contributed by atoms with Gasteiger partial charge in [-0.2, -0.15) is 9.61 Å². The van der Waals surface area contributed by atoms with E-state index in [2.05, 4.69) is 5.10 Å². The number of carboxylic acid groups (broad SMARTS) is 1. The molecule has 6 nitrogen and oxygen atoms in total. The van der Waals surface area contributed by atoms with E-state index in [9.17, 15) is 13.6 Å². The number of fused-ring (bicyclic) bond motifs is 1. The van der Waals surface area contributed by atoms with Crippen LogP contribution in [0.1, 0.15) is 30.2 Å². The van der Waals surface area contributed by atoms with Crippen molar-refractivity contribution in [3.05, 3.63) is 58.8 Å². The van der Waals surface area contributed by atoms with Crippen molar-refractivity contribution in [2.24, 2.45) is 0 Å². The van der Waals surface area contributed by atoms with Crippen LogP contribution < -0.4 is 9.47 Å². The Bertz CT molecular complexity index is 981. The van der Waals surface area contributed by atoms with Gasteiger partial charge in [0.05, 0.1) is 5.56 Å². The summed E-state index contributed by atoms with van der Waals surface area (Å²) in [4.78, 5) is 11.0. The molecule has 3 aromatic rings. The quantitative estimate of drug-likeness (QED) is 0.641. The number of nitrogens with zero attached hydrogens (tertiary/aromatic N) is 2. The van der Waals surface area contributed by atoms with E-state index in [1.165, 1.54) is 10.6 Å². The fourth-order valence-electron chi connectivity index (χ4n) is 2.79. The lowest BCUT2D eigenvalue weighted by Crippen LogP contribution is -2.06. The molecule has 0 bridgehead atoms. The summed E-state index contributed by atoms with van der Waals surface area (Å²) in [6.45, 7) is 3.38. The molecule has 2 heterocycles. The summed E-state index contributed by atoms with van der Waals surface area (Å²) in [7, 11) is 0. The average Bonchev–Trinajstić information content (AvgIpc) is 2.92. The van der Waals surface area contributed by atoms with Gasteiger partial charge >= 0.3 is 6.16 Å². The van der Waals surface area contributed by atoms with Crippen molar-refractivity contribution in [2.75, 3.05) is 0 Å². The third-order valence-electron chi connectivity index (χ3n) is 3.97. The van der Waals surface area contributed by atoms with Gasteiger partial charge in [0.25, 0.3) is 0 Å². The van der Waals surface area contributed by atoms with Crippen LogP contribution in [0.4, 0.5) is 13.6 Å². The Balaban J connectivity index is 2.04. The summed E-state index contributed by atoms with van der Waals surface area (Å²) in [6, 6.07) is 6.94. The normalized spacial score (nSPS) is 11.0. The number of aryl methyl sites for hydroxylation is 2. The minimum atomic E-state index is -1.44. The first kappa shape index (κ1) is 18.6. The van der Waals surface area contributed by atoms with Gasteiger partial charge < -0.3 is 14.6 Å². The van der Waals surface area contributed by atoms with E-state index in [4.69, 9.17) is 14.6 Å². The molecule has 0 amide bonds. The second kappa shape index (κ2) is 7.61. The predicted octanol–water partition coefficient (Wildman–Crippen LogP) is 4.51. The highest BCUT2D eigenvalue weighted by atomic mass is 19.1. The molecule has 0 saturated heterocycles. The van der Waals surface area contributed by atoms with Crippen LogP contribution in [0.3, 0.4) is 0 Å². The number of ether oxygens (including phenoxy) is 2. The zero-order valence-corrected chi connectivity index (χ0v) is 14.8. The van der Waals surface area contributed by atoms with Crippen LogP contribution in [-0.4, -0.2) is 20.9 Å².